The first-order valence-electron chi connectivity index (χ1n) is 5.33. The zero-order chi connectivity index (χ0) is 12.3. The van der Waals surface area contributed by atoms with Crippen LogP contribution in [0.15, 0.2) is 29.2 Å². The lowest BCUT2D eigenvalue weighted by atomic mass is 10.1. The van der Waals surface area contributed by atoms with Crippen LogP contribution in [0.25, 0.3) is 0 Å². The molecule has 0 saturated heterocycles. The quantitative estimate of drug-likeness (QED) is 0.762. The Labute approximate surface area is 97.6 Å². The summed E-state index contributed by atoms with van der Waals surface area (Å²) in [6.07, 6.45) is -0.314. The van der Waals surface area contributed by atoms with Crippen LogP contribution in [-0.4, -0.2) is 14.5 Å². The highest BCUT2D eigenvalue weighted by atomic mass is 32.2. The van der Waals surface area contributed by atoms with Crippen molar-refractivity contribution in [1.82, 2.24) is 0 Å². The Morgan fingerprint density at radius 2 is 1.56 bits per heavy atom. The van der Waals surface area contributed by atoms with E-state index in [-0.39, 0.29) is 16.9 Å². The molecule has 0 fully saturated rings. The molecule has 0 spiro atoms. The summed E-state index contributed by atoms with van der Waals surface area (Å²) < 4.78 is 28.8. The third-order valence-electron chi connectivity index (χ3n) is 2.53. The maximum absolute atomic E-state index is 11.8. The molecule has 1 aromatic rings. The fourth-order valence-electron chi connectivity index (χ4n) is 1.07. The van der Waals surface area contributed by atoms with Crippen LogP contribution in [0.1, 0.15) is 26.3 Å². The molecular formula is C12H18O3S. The summed E-state index contributed by atoms with van der Waals surface area (Å²) in [5, 5.41) is 0. The second-order valence-electron chi connectivity index (χ2n) is 4.31. The van der Waals surface area contributed by atoms with Gasteiger partial charge in [0.1, 0.15) is 0 Å². The molecule has 0 unspecified atom stereocenters. The van der Waals surface area contributed by atoms with Crippen molar-refractivity contribution in [2.24, 2.45) is 5.92 Å². The monoisotopic (exact) mass is 242 g/mol. The van der Waals surface area contributed by atoms with Crippen molar-refractivity contribution in [1.29, 1.82) is 0 Å². The van der Waals surface area contributed by atoms with E-state index >= 15 is 0 Å². The summed E-state index contributed by atoms with van der Waals surface area (Å²) in [5.41, 5.74) is 1.02. The molecule has 0 amide bonds. The molecule has 4 heteroatoms. The fraction of sp³-hybridized carbons (Fsp3) is 0.500. The highest BCUT2D eigenvalue weighted by Crippen LogP contribution is 2.17. The van der Waals surface area contributed by atoms with Gasteiger partial charge in [-0.3, -0.25) is 4.18 Å². The van der Waals surface area contributed by atoms with Crippen LogP contribution in [0, 0.1) is 12.8 Å². The van der Waals surface area contributed by atoms with E-state index in [2.05, 4.69) is 0 Å². The summed E-state index contributed by atoms with van der Waals surface area (Å²) in [6.45, 7) is 7.52. The van der Waals surface area contributed by atoms with Gasteiger partial charge in [0.2, 0.25) is 0 Å². The molecule has 0 saturated carbocycles. The van der Waals surface area contributed by atoms with Gasteiger partial charge in [0.05, 0.1) is 11.0 Å². The van der Waals surface area contributed by atoms with E-state index in [0.29, 0.717) is 0 Å². The van der Waals surface area contributed by atoms with Crippen LogP contribution in [-0.2, 0) is 14.3 Å². The van der Waals surface area contributed by atoms with Gasteiger partial charge in [0.15, 0.2) is 0 Å². The van der Waals surface area contributed by atoms with Crippen LogP contribution < -0.4 is 0 Å². The third kappa shape index (κ3) is 3.32. The maximum atomic E-state index is 11.8. The second-order valence-corrected chi connectivity index (χ2v) is 5.88. The molecule has 1 aromatic carbocycles. The molecule has 3 nitrogen and oxygen atoms in total. The van der Waals surface area contributed by atoms with Crippen molar-refractivity contribution in [3.63, 3.8) is 0 Å². The minimum absolute atomic E-state index is 0.167. The van der Waals surface area contributed by atoms with E-state index < -0.39 is 10.1 Å². The first-order chi connectivity index (χ1) is 7.33. The molecule has 0 N–H and O–H groups in total. The highest BCUT2D eigenvalue weighted by Gasteiger charge is 2.20. The van der Waals surface area contributed by atoms with E-state index in [4.69, 9.17) is 4.18 Å². The van der Waals surface area contributed by atoms with Crippen LogP contribution in [0.3, 0.4) is 0 Å². The lowest BCUT2D eigenvalue weighted by Gasteiger charge is -2.16. The minimum atomic E-state index is -3.62. The van der Waals surface area contributed by atoms with Crippen molar-refractivity contribution in [3.8, 4) is 0 Å². The van der Waals surface area contributed by atoms with E-state index in [1.165, 1.54) is 0 Å². The van der Waals surface area contributed by atoms with Crippen molar-refractivity contribution in [2.75, 3.05) is 0 Å². The van der Waals surface area contributed by atoms with E-state index in [1.54, 1.807) is 31.2 Å². The Bertz CT molecular complexity index is 432. The molecule has 0 radical (unpaired) electrons. The van der Waals surface area contributed by atoms with Crippen molar-refractivity contribution < 1.29 is 12.6 Å². The first kappa shape index (κ1) is 13.2. The number of hydrogen-bond acceptors (Lipinski definition) is 3. The molecule has 0 aliphatic carbocycles. The molecule has 0 aliphatic rings. The molecule has 90 valence electrons. The Morgan fingerprint density at radius 3 is 2.00 bits per heavy atom. The summed E-state index contributed by atoms with van der Waals surface area (Å²) in [5.74, 6) is 0.167. The maximum Gasteiger partial charge on any atom is 0.297 e. The SMILES string of the molecule is Cc1ccc(S(=O)(=O)O[C@H](C)C(C)C)cc1. The Morgan fingerprint density at radius 1 is 1.06 bits per heavy atom. The summed E-state index contributed by atoms with van der Waals surface area (Å²) in [7, 11) is -3.62. The standard InChI is InChI=1S/C12H18O3S/c1-9(2)11(4)15-16(13,14)12-7-5-10(3)6-8-12/h5-9,11H,1-4H3/t11-/m1/s1. The van der Waals surface area contributed by atoms with Gasteiger partial charge in [0, 0.05) is 0 Å². The minimum Gasteiger partial charge on any atom is -0.263 e. The fourth-order valence-corrected chi connectivity index (χ4v) is 2.27. The van der Waals surface area contributed by atoms with Gasteiger partial charge < -0.3 is 0 Å². The number of hydrogen-bond donors (Lipinski definition) is 0. The Balaban J connectivity index is 2.90. The molecule has 0 heterocycles. The van der Waals surface area contributed by atoms with Crippen LogP contribution in [0.4, 0.5) is 0 Å². The van der Waals surface area contributed by atoms with Gasteiger partial charge in [-0.2, -0.15) is 8.42 Å². The number of aryl methyl sites for hydroxylation is 1. The van der Waals surface area contributed by atoms with Crippen LogP contribution >= 0.6 is 0 Å². The van der Waals surface area contributed by atoms with E-state index in [9.17, 15) is 8.42 Å². The molecule has 0 bridgehead atoms. The average Bonchev–Trinajstić information content (AvgIpc) is 2.17. The largest absolute Gasteiger partial charge is 0.297 e. The molecule has 1 atom stereocenters. The average molecular weight is 242 g/mol. The van der Waals surface area contributed by atoms with Crippen molar-refractivity contribution in [2.45, 2.75) is 38.7 Å². The Hall–Kier alpha value is -0.870. The van der Waals surface area contributed by atoms with Gasteiger partial charge in [-0.05, 0) is 31.9 Å². The van der Waals surface area contributed by atoms with E-state index in [0.717, 1.165) is 5.56 Å². The van der Waals surface area contributed by atoms with Gasteiger partial charge in [-0.25, -0.2) is 0 Å². The zero-order valence-electron chi connectivity index (χ0n) is 10.1. The lowest BCUT2D eigenvalue weighted by molar-refractivity contribution is 0.178. The zero-order valence-corrected chi connectivity index (χ0v) is 10.9. The molecular weight excluding hydrogens is 224 g/mol. The number of benzene rings is 1. The summed E-state index contributed by atoms with van der Waals surface area (Å²) in [4.78, 5) is 0.214. The van der Waals surface area contributed by atoms with Gasteiger partial charge in [0.25, 0.3) is 10.1 Å². The predicted molar refractivity (Wildman–Crippen MR) is 63.7 cm³/mol. The normalized spacial score (nSPS) is 14.1. The second kappa shape index (κ2) is 4.97. The summed E-state index contributed by atoms with van der Waals surface area (Å²) >= 11 is 0. The van der Waals surface area contributed by atoms with Gasteiger partial charge in [-0.15, -0.1) is 0 Å². The molecule has 0 aliphatic heterocycles. The first-order valence-corrected chi connectivity index (χ1v) is 6.73. The number of rotatable bonds is 4. The lowest BCUT2D eigenvalue weighted by Crippen LogP contribution is -2.20. The Kier molecular flexibility index (Phi) is 4.10. The molecule has 0 aromatic heterocycles. The molecule has 16 heavy (non-hydrogen) atoms. The van der Waals surface area contributed by atoms with Crippen molar-refractivity contribution >= 4 is 10.1 Å². The van der Waals surface area contributed by atoms with Crippen LogP contribution in [0.5, 0.6) is 0 Å². The smallest absolute Gasteiger partial charge is 0.263 e. The third-order valence-corrected chi connectivity index (χ3v) is 3.93. The topological polar surface area (TPSA) is 43.4 Å². The van der Waals surface area contributed by atoms with Crippen molar-refractivity contribution in [3.05, 3.63) is 29.8 Å². The molecule has 1 rings (SSSR count). The predicted octanol–water partition coefficient (Wildman–Crippen LogP) is 2.74. The van der Waals surface area contributed by atoms with Gasteiger partial charge in [-0.1, -0.05) is 31.5 Å². The van der Waals surface area contributed by atoms with E-state index in [1.807, 2.05) is 20.8 Å². The summed E-state index contributed by atoms with van der Waals surface area (Å²) in [6, 6.07) is 6.65. The van der Waals surface area contributed by atoms with Gasteiger partial charge >= 0.3 is 0 Å². The van der Waals surface area contributed by atoms with Crippen LogP contribution in [0.2, 0.25) is 0 Å². The highest BCUT2D eigenvalue weighted by molar-refractivity contribution is 7.86.